The normalized spacial score (nSPS) is 16.4. The monoisotopic (exact) mass is 637 g/mol. The summed E-state index contributed by atoms with van der Waals surface area (Å²) in [6, 6.07) is 7.54. The fourth-order valence-corrected chi connectivity index (χ4v) is 4.63. The molecule has 4 rings (SSSR count). The molecule has 14 heteroatoms. The van der Waals surface area contributed by atoms with Gasteiger partial charge in [-0.2, -0.15) is 13.2 Å². The Morgan fingerprint density at radius 1 is 1.07 bits per heavy atom. The molecule has 2 heterocycles. The number of benzene rings is 2. The minimum absolute atomic E-state index is 0.129. The number of alkyl carbamates (subject to hydrolysis) is 1. The average Bonchev–Trinajstić information content (AvgIpc) is 3.00. The maximum atomic E-state index is 15.7. The molecule has 3 aromatic rings. The fraction of sp³-hybridized carbons (Fsp3) is 0.355. The Kier molecular flexibility index (Phi) is 9.17. The Morgan fingerprint density at radius 2 is 1.73 bits per heavy atom. The highest BCUT2D eigenvalue weighted by Crippen LogP contribution is 2.44. The SMILES string of the molecule is CCOC(=O)c1cc2c(cc1F)C(F)(F)C[C@H](NC(=O)OC(C)(C)C)C(=O)N2Cc1ccc(-c2ccc(C(F)(F)F)cn2)cc1. The van der Waals surface area contributed by atoms with Crippen LogP contribution in [0.1, 0.15) is 61.2 Å². The third kappa shape index (κ3) is 7.73. The van der Waals surface area contributed by atoms with Gasteiger partial charge in [-0.3, -0.25) is 9.78 Å². The largest absolute Gasteiger partial charge is 0.462 e. The second-order valence-electron chi connectivity index (χ2n) is 11.2. The summed E-state index contributed by atoms with van der Waals surface area (Å²) < 4.78 is 95.0. The zero-order chi connectivity index (χ0) is 33.3. The fourth-order valence-electron chi connectivity index (χ4n) is 4.63. The summed E-state index contributed by atoms with van der Waals surface area (Å²) in [5, 5.41) is 2.18. The number of rotatable bonds is 6. The number of nitrogens with zero attached hydrogens (tertiary/aromatic N) is 2. The molecule has 0 bridgehead atoms. The number of halogens is 6. The smallest absolute Gasteiger partial charge is 0.417 e. The highest BCUT2D eigenvalue weighted by atomic mass is 19.4. The lowest BCUT2D eigenvalue weighted by atomic mass is 9.99. The van der Waals surface area contributed by atoms with Gasteiger partial charge < -0.3 is 19.7 Å². The van der Waals surface area contributed by atoms with Gasteiger partial charge in [-0.05, 0) is 57.5 Å². The summed E-state index contributed by atoms with van der Waals surface area (Å²) in [5.74, 6) is -7.25. The number of alkyl halides is 5. The van der Waals surface area contributed by atoms with Crippen LogP contribution in [-0.4, -0.2) is 41.2 Å². The number of esters is 1. The lowest BCUT2D eigenvalue weighted by Crippen LogP contribution is -2.49. The first kappa shape index (κ1) is 33.3. The quantitative estimate of drug-likeness (QED) is 0.231. The summed E-state index contributed by atoms with van der Waals surface area (Å²) in [6.07, 6.45) is -6.23. The molecule has 0 aliphatic carbocycles. The molecule has 1 aliphatic rings. The van der Waals surface area contributed by atoms with Crippen molar-refractivity contribution < 1.29 is 50.2 Å². The number of amides is 2. The molecular formula is C31H29F6N3O5. The molecule has 1 aromatic heterocycles. The number of hydrogen-bond acceptors (Lipinski definition) is 6. The molecule has 45 heavy (non-hydrogen) atoms. The highest BCUT2D eigenvalue weighted by molar-refractivity contribution is 6.02. The van der Waals surface area contributed by atoms with Crippen LogP contribution in [0.5, 0.6) is 0 Å². The van der Waals surface area contributed by atoms with Crippen LogP contribution in [0.15, 0.2) is 54.7 Å². The summed E-state index contributed by atoms with van der Waals surface area (Å²) in [4.78, 5) is 43.5. The molecule has 240 valence electrons. The number of ether oxygens (including phenoxy) is 2. The Morgan fingerprint density at radius 3 is 2.29 bits per heavy atom. The van der Waals surface area contributed by atoms with Crippen molar-refractivity contribution >= 4 is 23.7 Å². The van der Waals surface area contributed by atoms with Gasteiger partial charge in [-0.15, -0.1) is 0 Å². The minimum atomic E-state index is -4.56. The topological polar surface area (TPSA) is 97.8 Å². The summed E-state index contributed by atoms with van der Waals surface area (Å²) in [7, 11) is 0. The number of aromatic nitrogens is 1. The van der Waals surface area contributed by atoms with E-state index in [1.165, 1.54) is 37.3 Å². The van der Waals surface area contributed by atoms with E-state index in [0.29, 0.717) is 23.4 Å². The first-order valence-electron chi connectivity index (χ1n) is 13.7. The predicted octanol–water partition coefficient (Wildman–Crippen LogP) is 7.01. The minimum Gasteiger partial charge on any atom is -0.462 e. The molecular weight excluding hydrogens is 608 g/mol. The summed E-state index contributed by atoms with van der Waals surface area (Å²) >= 11 is 0. The molecule has 1 atom stereocenters. The van der Waals surface area contributed by atoms with Gasteiger partial charge in [0.1, 0.15) is 17.5 Å². The van der Waals surface area contributed by atoms with Crippen molar-refractivity contribution in [2.45, 2.75) is 64.4 Å². The van der Waals surface area contributed by atoms with Gasteiger partial charge in [-0.25, -0.2) is 22.8 Å². The molecule has 0 fully saturated rings. The first-order valence-corrected chi connectivity index (χ1v) is 13.7. The van der Waals surface area contributed by atoms with Crippen molar-refractivity contribution in [2.24, 2.45) is 0 Å². The Bertz CT molecular complexity index is 1590. The molecule has 0 spiro atoms. The molecule has 2 amide bonds. The number of anilines is 1. The highest BCUT2D eigenvalue weighted by Gasteiger charge is 2.47. The number of pyridine rings is 1. The molecule has 1 aliphatic heterocycles. The Labute approximate surface area is 254 Å². The van der Waals surface area contributed by atoms with Crippen LogP contribution in [-0.2, 0) is 32.9 Å². The molecule has 2 aromatic carbocycles. The third-order valence-corrected chi connectivity index (χ3v) is 6.66. The van der Waals surface area contributed by atoms with Gasteiger partial charge >= 0.3 is 18.2 Å². The van der Waals surface area contributed by atoms with Gasteiger partial charge in [-0.1, -0.05) is 24.3 Å². The van der Waals surface area contributed by atoms with Crippen molar-refractivity contribution in [1.29, 1.82) is 0 Å². The number of fused-ring (bicyclic) bond motifs is 1. The second kappa shape index (κ2) is 12.4. The van der Waals surface area contributed by atoms with Crippen LogP contribution in [0.3, 0.4) is 0 Å². The van der Waals surface area contributed by atoms with Crippen LogP contribution in [0.25, 0.3) is 11.3 Å². The molecule has 8 nitrogen and oxygen atoms in total. The van der Waals surface area contributed by atoms with Crippen molar-refractivity contribution in [3.8, 4) is 11.3 Å². The van der Waals surface area contributed by atoms with E-state index >= 15 is 8.78 Å². The van der Waals surface area contributed by atoms with Gasteiger partial charge in [0, 0.05) is 23.7 Å². The maximum absolute atomic E-state index is 15.7. The van der Waals surface area contributed by atoms with Crippen molar-refractivity contribution in [3.63, 3.8) is 0 Å². The van der Waals surface area contributed by atoms with Gasteiger partial charge in [0.2, 0.25) is 5.91 Å². The first-order chi connectivity index (χ1) is 20.9. The van der Waals surface area contributed by atoms with Crippen LogP contribution in [0.4, 0.5) is 36.8 Å². The molecule has 0 radical (unpaired) electrons. The van der Waals surface area contributed by atoms with Crippen LogP contribution in [0, 0.1) is 5.82 Å². The van der Waals surface area contributed by atoms with Gasteiger partial charge in [0.25, 0.3) is 5.92 Å². The maximum Gasteiger partial charge on any atom is 0.417 e. The standard InChI is InChI=1S/C31H29F6N3O5/c1-5-44-27(42)20-12-25-21(13-22(20)32)30(33,34)14-24(39-28(43)45-29(2,3)4)26(41)40(25)16-17-6-8-18(9-7-17)23-11-10-19(15-38-23)31(35,36)37/h6-13,15,24H,5,14,16H2,1-4H3,(H,39,43)/t24-/m0/s1. The summed E-state index contributed by atoms with van der Waals surface area (Å²) in [5.41, 5.74) is -2.95. The van der Waals surface area contributed by atoms with Crippen LogP contribution in [0.2, 0.25) is 0 Å². The summed E-state index contributed by atoms with van der Waals surface area (Å²) in [6.45, 7) is 5.60. The predicted molar refractivity (Wildman–Crippen MR) is 150 cm³/mol. The Hall–Kier alpha value is -4.62. The zero-order valence-corrected chi connectivity index (χ0v) is 24.6. The van der Waals surface area contributed by atoms with Crippen molar-refractivity contribution in [1.82, 2.24) is 10.3 Å². The number of carbonyl (C=O) groups is 3. The zero-order valence-electron chi connectivity index (χ0n) is 24.6. The number of hydrogen-bond donors (Lipinski definition) is 1. The van der Waals surface area contributed by atoms with Crippen molar-refractivity contribution in [2.75, 3.05) is 11.5 Å². The number of nitrogens with one attached hydrogen (secondary N) is 1. The van der Waals surface area contributed by atoms with E-state index in [-0.39, 0.29) is 18.8 Å². The van der Waals surface area contributed by atoms with Gasteiger partial charge in [0.05, 0.1) is 35.7 Å². The van der Waals surface area contributed by atoms with E-state index in [2.05, 4.69) is 10.3 Å². The molecule has 0 saturated heterocycles. The number of carbonyl (C=O) groups excluding carboxylic acids is 3. The van der Waals surface area contributed by atoms with E-state index in [1.807, 2.05) is 0 Å². The Balaban J connectivity index is 1.74. The van der Waals surface area contributed by atoms with Gasteiger partial charge in [0.15, 0.2) is 0 Å². The average molecular weight is 638 g/mol. The lowest BCUT2D eigenvalue weighted by Gasteiger charge is -2.27. The van der Waals surface area contributed by atoms with E-state index in [4.69, 9.17) is 9.47 Å². The van der Waals surface area contributed by atoms with E-state index in [1.54, 1.807) is 20.8 Å². The molecule has 0 saturated carbocycles. The van der Waals surface area contributed by atoms with Crippen molar-refractivity contribution in [3.05, 3.63) is 82.8 Å². The molecule has 0 unspecified atom stereocenters. The van der Waals surface area contributed by atoms with Crippen LogP contribution < -0.4 is 10.2 Å². The van der Waals surface area contributed by atoms with E-state index in [9.17, 15) is 31.9 Å². The van der Waals surface area contributed by atoms with Crippen LogP contribution >= 0.6 is 0 Å². The van der Waals surface area contributed by atoms with E-state index < -0.39 is 76.3 Å². The second-order valence-corrected chi connectivity index (χ2v) is 11.2. The lowest BCUT2D eigenvalue weighted by molar-refractivity contribution is -0.137. The third-order valence-electron chi connectivity index (χ3n) is 6.66. The van der Waals surface area contributed by atoms with E-state index in [0.717, 1.165) is 17.0 Å². The molecule has 1 N–H and O–H groups in total.